The highest BCUT2D eigenvalue weighted by molar-refractivity contribution is 14.0. The molecule has 1 aromatic rings. The maximum Gasteiger partial charge on any atom is 0.194 e. The van der Waals surface area contributed by atoms with Gasteiger partial charge in [0.1, 0.15) is 5.82 Å². The van der Waals surface area contributed by atoms with Gasteiger partial charge in [-0.05, 0) is 31.0 Å². The molecule has 1 N–H and O–H groups in total. The van der Waals surface area contributed by atoms with Crippen molar-refractivity contribution in [2.45, 2.75) is 45.9 Å². The van der Waals surface area contributed by atoms with Gasteiger partial charge in [0.2, 0.25) is 0 Å². The molecule has 25 heavy (non-hydrogen) atoms. The third kappa shape index (κ3) is 4.10. The van der Waals surface area contributed by atoms with Crippen LogP contribution in [-0.2, 0) is 11.3 Å². The van der Waals surface area contributed by atoms with Crippen LogP contribution < -0.4 is 5.32 Å². The highest BCUT2D eigenvalue weighted by Crippen LogP contribution is 2.52. The molecule has 2 fully saturated rings. The molecule has 4 nitrogen and oxygen atoms in total. The largest absolute Gasteiger partial charge is 0.377 e. The number of nitrogens with one attached hydrogen (secondary N) is 1. The van der Waals surface area contributed by atoms with Crippen LogP contribution in [0, 0.1) is 17.2 Å². The van der Waals surface area contributed by atoms with E-state index in [4.69, 9.17) is 4.74 Å². The molecular formula is C19H29FIN3O. The van der Waals surface area contributed by atoms with Gasteiger partial charge >= 0.3 is 0 Å². The fourth-order valence-electron chi connectivity index (χ4n) is 4.17. The molecule has 1 heterocycles. The Morgan fingerprint density at radius 3 is 2.88 bits per heavy atom. The number of aliphatic imine (C=N–C) groups is 1. The average molecular weight is 461 g/mol. The van der Waals surface area contributed by atoms with Gasteiger partial charge in [-0.3, -0.25) is 4.99 Å². The van der Waals surface area contributed by atoms with Crippen molar-refractivity contribution in [1.29, 1.82) is 0 Å². The molecule has 1 aliphatic heterocycles. The molecule has 1 aromatic carbocycles. The second-order valence-corrected chi connectivity index (χ2v) is 7.47. The molecule has 0 bridgehead atoms. The smallest absolute Gasteiger partial charge is 0.194 e. The molecule has 2 aliphatic rings. The van der Waals surface area contributed by atoms with Gasteiger partial charge in [0.15, 0.2) is 5.96 Å². The van der Waals surface area contributed by atoms with E-state index in [0.29, 0.717) is 31.2 Å². The Hall–Kier alpha value is -0.890. The van der Waals surface area contributed by atoms with Crippen molar-refractivity contribution in [2.24, 2.45) is 16.3 Å². The fraction of sp³-hybridized carbons (Fsp3) is 0.632. The number of halogens is 2. The zero-order valence-electron chi connectivity index (χ0n) is 15.5. The summed E-state index contributed by atoms with van der Waals surface area (Å²) in [5, 5.41) is 3.65. The zero-order chi connectivity index (χ0) is 17.3. The lowest BCUT2D eigenvalue weighted by Gasteiger charge is -2.55. The van der Waals surface area contributed by atoms with E-state index >= 15 is 0 Å². The molecule has 3 unspecified atom stereocenters. The number of hydrogen-bond acceptors (Lipinski definition) is 2. The first-order chi connectivity index (χ1) is 11.4. The number of guanidine groups is 1. The van der Waals surface area contributed by atoms with E-state index < -0.39 is 0 Å². The van der Waals surface area contributed by atoms with Crippen LogP contribution in [-0.4, -0.2) is 43.2 Å². The standard InChI is InChI=1S/C19H28FN3O.HI/c1-5-21-18(23(4)12-13-7-6-8-14(20)11-13)22-16-15-9-10-24-17(15)19(16,2)3;/h6-8,11,15-17H,5,9-10,12H2,1-4H3,(H,21,22);1H. The minimum Gasteiger partial charge on any atom is -0.377 e. The molecule has 1 saturated heterocycles. The summed E-state index contributed by atoms with van der Waals surface area (Å²) < 4.78 is 19.3. The summed E-state index contributed by atoms with van der Waals surface area (Å²) in [6.07, 6.45) is 1.46. The molecule has 6 heteroatoms. The van der Waals surface area contributed by atoms with Gasteiger partial charge in [0, 0.05) is 44.1 Å². The van der Waals surface area contributed by atoms with E-state index in [1.54, 1.807) is 12.1 Å². The average Bonchev–Trinajstić information content (AvgIpc) is 2.98. The Morgan fingerprint density at radius 1 is 1.44 bits per heavy atom. The van der Waals surface area contributed by atoms with Gasteiger partial charge in [-0.15, -0.1) is 24.0 Å². The summed E-state index contributed by atoms with van der Waals surface area (Å²) in [5.74, 6) is 1.24. The molecule has 3 rings (SSSR count). The quantitative estimate of drug-likeness (QED) is 0.423. The molecule has 1 aliphatic carbocycles. The summed E-state index contributed by atoms with van der Waals surface area (Å²) >= 11 is 0. The van der Waals surface area contributed by atoms with E-state index in [9.17, 15) is 4.39 Å². The lowest BCUT2D eigenvalue weighted by atomic mass is 9.57. The lowest BCUT2D eigenvalue weighted by Crippen LogP contribution is -2.67. The van der Waals surface area contributed by atoms with Crippen LogP contribution in [0.25, 0.3) is 0 Å². The topological polar surface area (TPSA) is 36.9 Å². The minimum absolute atomic E-state index is 0. The third-order valence-corrected chi connectivity index (χ3v) is 5.36. The molecule has 0 amide bonds. The maximum atomic E-state index is 13.4. The fourth-order valence-corrected chi connectivity index (χ4v) is 4.17. The summed E-state index contributed by atoms with van der Waals surface area (Å²) in [6, 6.07) is 7.11. The Kier molecular flexibility index (Phi) is 6.70. The van der Waals surface area contributed by atoms with Gasteiger partial charge in [-0.1, -0.05) is 26.0 Å². The molecule has 0 spiro atoms. The summed E-state index contributed by atoms with van der Waals surface area (Å²) in [4.78, 5) is 6.71. The van der Waals surface area contributed by atoms with E-state index in [1.807, 2.05) is 20.0 Å². The summed E-state index contributed by atoms with van der Waals surface area (Å²) in [5.41, 5.74) is 1.05. The first kappa shape index (κ1) is 20.4. The van der Waals surface area contributed by atoms with Gasteiger partial charge in [0.05, 0.1) is 6.10 Å². The Morgan fingerprint density at radius 2 is 2.20 bits per heavy atom. The number of rotatable bonds is 4. The van der Waals surface area contributed by atoms with E-state index in [-0.39, 0.29) is 35.2 Å². The highest BCUT2D eigenvalue weighted by atomic mass is 127. The van der Waals surface area contributed by atoms with E-state index in [0.717, 1.165) is 24.6 Å². The van der Waals surface area contributed by atoms with Gasteiger partial charge in [-0.2, -0.15) is 0 Å². The van der Waals surface area contributed by atoms with Crippen molar-refractivity contribution >= 4 is 29.9 Å². The second-order valence-electron chi connectivity index (χ2n) is 7.47. The monoisotopic (exact) mass is 461 g/mol. The van der Waals surface area contributed by atoms with Crippen LogP contribution in [0.2, 0.25) is 0 Å². The minimum atomic E-state index is -0.200. The maximum absolute atomic E-state index is 13.4. The van der Waals surface area contributed by atoms with Crippen LogP contribution in [0.3, 0.4) is 0 Å². The molecule has 140 valence electrons. The summed E-state index contributed by atoms with van der Waals surface area (Å²) in [7, 11) is 2.00. The molecular weight excluding hydrogens is 432 g/mol. The van der Waals surface area contributed by atoms with Crippen LogP contribution >= 0.6 is 24.0 Å². The lowest BCUT2D eigenvalue weighted by molar-refractivity contribution is -0.107. The van der Waals surface area contributed by atoms with Gasteiger partial charge in [0.25, 0.3) is 0 Å². The van der Waals surface area contributed by atoms with Gasteiger partial charge < -0.3 is 15.0 Å². The normalized spacial score (nSPS) is 27.1. The molecule has 0 radical (unpaired) electrons. The SMILES string of the molecule is CCN=C(NC1C2CCOC2C1(C)C)N(C)Cc1cccc(F)c1.I. The number of ether oxygens (including phenoxy) is 1. The van der Waals surface area contributed by atoms with Crippen LogP contribution in [0.4, 0.5) is 4.39 Å². The predicted octanol–water partition coefficient (Wildman–Crippen LogP) is 3.65. The first-order valence-electron chi connectivity index (χ1n) is 8.81. The highest BCUT2D eigenvalue weighted by Gasteiger charge is 2.59. The van der Waals surface area contributed by atoms with Crippen molar-refractivity contribution < 1.29 is 9.13 Å². The Labute approximate surface area is 167 Å². The van der Waals surface area contributed by atoms with Crippen molar-refractivity contribution in [3.05, 3.63) is 35.6 Å². The van der Waals surface area contributed by atoms with Crippen molar-refractivity contribution in [3.8, 4) is 0 Å². The van der Waals surface area contributed by atoms with E-state index in [1.165, 1.54) is 6.07 Å². The second kappa shape index (κ2) is 8.20. The Balaban J connectivity index is 0.00000225. The van der Waals surface area contributed by atoms with E-state index in [2.05, 4.69) is 29.1 Å². The number of benzene rings is 1. The van der Waals surface area contributed by atoms with Crippen LogP contribution in [0.15, 0.2) is 29.3 Å². The molecule has 3 atom stereocenters. The number of fused-ring (bicyclic) bond motifs is 1. The first-order valence-corrected chi connectivity index (χ1v) is 8.81. The molecule has 0 aromatic heterocycles. The predicted molar refractivity (Wildman–Crippen MR) is 110 cm³/mol. The number of hydrogen-bond donors (Lipinski definition) is 1. The number of nitrogens with zero attached hydrogens (tertiary/aromatic N) is 2. The van der Waals surface area contributed by atoms with Crippen molar-refractivity contribution in [3.63, 3.8) is 0 Å². The molecule has 1 saturated carbocycles. The van der Waals surface area contributed by atoms with Crippen molar-refractivity contribution in [2.75, 3.05) is 20.2 Å². The van der Waals surface area contributed by atoms with Gasteiger partial charge in [-0.25, -0.2) is 4.39 Å². The van der Waals surface area contributed by atoms with Crippen molar-refractivity contribution in [1.82, 2.24) is 10.2 Å². The van der Waals surface area contributed by atoms with Crippen LogP contribution in [0.1, 0.15) is 32.8 Å². The zero-order valence-corrected chi connectivity index (χ0v) is 17.8. The Bertz CT molecular complexity index is 622. The summed E-state index contributed by atoms with van der Waals surface area (Å²) in [6.45, 7) is 8.75. The third-order valence-electron chi connectivity index (χ3n) is 5.36. The van der Waals surface area contributed by atoms with Crippen LogP contribution in [0.5, 0.6) is 0 Å².